The second kappa shape index (κ2) is 3.70. The maximum Gasteiger partial charge on any atom is 0.401 e. The van der Waals surface area contributed by atoms with Crippen molar-refractivity contribution in [1.82, 2.24) is 20.3 Å². The third-order valence-corrected chi connectivity index (χ3v) is 2.62. The van der Waals surface area contributed by atoms with Crippen molar-refractivity contribution in [3.63, 3.8) is 0 Å². The maximum atomic E-state index is 12.1. The van der Waals surface area contributed by atoms with E-state index < -0.39 is 18.3 Å². The molecule has 16 heavy (non-hydrogen) atoms. The molecule has 90 valence electrons. The van der Waals surface area contributed by atoms with E-state index in [2.05, 4.69) is 15.4 Å². The lowest BCUT2D eigenvalue weighted by molar-refractivity contribution is -0.145. The van der Waals surface area contributed by atoms with Crippen LogP contribution in [0.2, 0.25) is 0 Å². The highest BCUT2D eigenvalue weighted by Crippen LogP contribution is 2.31. The number of nitrogens with zero attached hydrogens (tertiary/aromatic N) is 3. The zero-order chi connectivity index (χ0) is 11.8. The molecule has 0 radical (unpaired) electrons. The zero-order valence-electron chi connectivity index (χ0n) is 8.33. The average Bonchev–Trinajstić information content (AvgIpc) is 2.72. The summed E-state index contributed by atoms with van der Waals surface area (Å²) in [6.07, 6.45) is -2.68. The molecule has 1 aliphatic heterocycles. The van der Waals surface area contributed by atoms with E-state index in [4.69, 9.17) is 0 Å². The summed E-state index contributed by atoms with van der Waals surface area (Å²) in [5.74, 6) is 0. The summed E-state index contributed by atoms with van der Waals surface area (Å²) in [4.78, 5) is 1.16. The SMILES string of the molecule is OC1(c2cn[nH]n2)CCN(CC(F)(F)F)C1. The number of H-pyrrole nitrogens is 1. The molecule has 2 rings (SSSR count). The van der Waals surface area contributed by atoms with Gasteiger partial charge in [0, 0.05) is 13.1 Å². The Labute approximate surface area is 89.3 Å². The molecule has 0 saturated carbocycles. The zero-order valence-corrected chi connectivity index (χ0v) is 8.33. The Morgan fingerprint density at radius 3 is 2.88 bits per heavy atom. The number of rotatable bonds is 2. The Kier molecular flexibility index (Phi) is 2.62. The molecule has 0 spiro atoms. The highest BCUT2D eigenvalue weighted by atomic mass is 19.4. The molecule has 1 saturated heterocycles. The maximum absolute atomic E-state index is 12.1. The summed E-state index contributed by atoms with van der Waals surface area (Å²) < 4.78 is 36.4. The average molecular weight is 236 g/mol. The van der Waals surface area contributed by atoms with E-state index >= 15 is 0 Å². The Balaban J connectivity index is 2.02. The number of nitrogens with one attached hydrogen (secondary N) is 1. The molecule has 1 fully saturated rings. The quantitative estimate of drug-likeness (QED) is 0.773. The van der Waals surface area contributed by atoms with Gasteiger partial charge in [0.15, 0.2) is 0 Å². The number of aromatic nitrogens is 3. The first-order chi connectivity index (χ1) is 7.39. The summed E-state index contributed by atoms with van der Waals surface area (Å²) in [7, 11) is 0. The first-order valence-corrected chi connectivity index (χ1v) is 4.77. The van der Waals surface area contributed by atoms with Crippen LogP contribution in [0.3, 0.4) is 0 Å². The van der Waals surface area contributed by atoms with E-state index in [-0.39, 0.29) is 25.2 Å². The van der Waals surface area contributed by atoms with Crippen molar-refractivity contribution < 1.29 is 18.3 Å². The molecule has 1 aliphatic rings. The first-order valence-electron chi connectivity index (χ1n) is 4.77. The van der Waals surface area contributed by atoms with Crippen LogP contribution in [0.4, 0.5) is 13.2 Å². The summed E-state index contributed by atoms with van der Waals surface area (Å²) >= 11 is 0. The van der Waals surface area contributed by atoms with Gasteiger partial charge in [-0.05, 0) is 6.42 Å². The van der Waals surface area contributed by atoms with Gasteiger partial charge in [0.1, 0.15) is 11.3 Å². The normalized spacial score (nSPS) is 27.5. The van der Waals surface area contributed by atoms with E-state index in [9.17, 15) is 18.3 Å². The Bertz CT molecular complexity index is 353. The standard InChI is InChI=1S/C8H11F3N4O/c9-8(10,11)5-15-2-1-7(16,4-15)6-3-12-14-13-6/h3,16H,1-2,4-5H2,(H,12,13,14). The smallest absolute Gasteiger partial charge is 0.382 e. The number of aromatic amines is 1. The van der Waals surface area contributed by atoms with Crippen molar-refractivity contribution in [2.75, 3.05) is 19.6 Å². The Morgan fingerprint density at radius 1 is 1.56 bits per heavy atom. The van der Waals surface area contributed by atoms with Gasteiger partial charge >= 0.3 is 6.18 Å². The van der Waals surface area contributed by atoms with Crippen LogP contribution in [0.1, 0.15) is 12.1 Å². The minimum atomic E-state index is -4.24. The van der Waals surface area contributed by atoms with Gasteiger partial charge in [-0.15, -0.1) is 0 Å². The number of halogens is 3. The molecule has 8 heteroatoms. The van der Waals surface area contributed by atoms with E-state index in [0.29, 0.717) is 0 Å². The van der Waals surface area contributed by atoms with E-state index in [0.717, 1.165) is 4.90 Å². The van der Waals surface area contributed by atoms with Gasteiger partial charge in [0.2, 0.25) is 0 Å². The van der Waals surface area contributed by atoms with Crippen LogP contribution in [0, 0.1) is 0 Å². The van der Waals surface area contributed by atoms with Gasteiger partial charge in [0.25, 0.3) is 0 Å². The van der Waals surface area contributed by atoms with Crippen molar-refractivity contribution in [1.29, 1.82) is 0 Å². The minimum Gasteiger partial charge on any atom is -0.382 e. The third kappa shape index (κ3) is 2.33. The van der Waals surface area contributed by atoms with Crippen LogP contribution in [0.25, 0.3) is 0 Å². The van der Waals surface area contributed by atoms with Crippen molar-refractivity contribution in [2.24, 2.45) is 0 Å². The molecule has 0 aromatic carbocycles. The molecule has 5 nitrogen and oxygen atoms in total. The molecule has 1 atom stereocenters. The fraction of sp³-hybridized carbons (Fsp3) is 0.750. The topological polar surface area (TPSA) is 65.0 Å². The van der Waals surface area contributed by atoms with Crippen LogP contribution in [-0.4, -0.2) is 51.2 Å². The van der Waals surface area contributed by atoms with E-state index in [1.54, 1.807) is 0 Å². The van der Waals surface area contributed by atoms with E-state index in [1.165, 1.54) is 6.20 Å². The van der Waals surface area contributed by atoms with Gasteiger partial charge in [-0.1, -0.05) is 0 Å². The number of hydrogen-bond donors (Lipinski definition) is 2. The Hall–Kier alpha value is -1.15. The summed E-state index contributed by atoms with van der Waals surface area (Å²) in [6, 6.07) is 0. The van der Waals surface area contributed by atoms with Crippen molar-refractivity contribution in [2.45, 2.75) is 18.2 Å². The van der Waals surface area contributed by atoms with Crippen LogP contribution >= 0.6 is 0 Å². The second-order valence-electron chi connectivity index (χ2n) is 3.96. The molecule has 0 bridgehead atoms. The van der Waals surface area contributed by atoms with Crippen LogP contribution in [-0.2, 0) is 5.60 Å². The molecule has 0 amide bonds. The van der Waals surface area contributed by atoms with Crippen LogP contribution in [0.15, 0.2) is 6.20 Å². The predicted molar refractivity (Wildman–Crippen MR) is 47.4 cm³/mol. The molecule has 2 N–H and O–H groups in total. The number of aliphatic hydroxyl groups is 1. The van der Waals surface area contributed by atoms with Gasteiger partial charge in [-0.25, -0.2) is 0 Å². The largest absolute Gasteiger partial charge is 0.401 e. The molecule has 2 heterocycles. The van der Waals surface area contributed by atoms with Crippen molar-refractivity contribution in [3.05, 3.63) is 11.9 Å². The number of hydrogen-bond acceptors (Lipinski definition) is 4. The number of alkyl halides is 3. The molecular formula is C8H11F3N4O. The highest BCUT2D eigenvalue weighted by molar-refractivity contribution is 5.10. The summed E-state index contributed by atoms with van der Waals surface area (Å²) in [5, 5.41) is 19.7. The molecule has 1 aromatic rings. The summed E-state index contributed by atoms with van der Waals surface area (Å²) in [5.41, 5.74) is -1.03. The monoisotopic (exact) mass is 236 g/mol. The second-order valence-corrected chi connectivity index (χ2v) is 3.96. The molecule has 0 aliphatic carbocycles. The number of β-amino-alcohol motifs (C(OH)–C–C–N with tert-alkyl or cyclic N) is 1. The van der Waals surface area contributed by atoms with Gasteiger partial charge in [-0.2, -0.15) is 28.6 Å². The fourth-order valence-corrected chi connectivity index (χ4v) is 1.89. The van der Waals surface area contributed by atoms with Crippen molar-refractivity contribution >= 4 is 0 Å². The van der Waals surface area contributed by atoms with E-state index in [1.807, 2.05) is 0 Å². The molecular weight excluding hydrogens is 225 g/mol. The lowest BCUT2D eigenvalue weighted by atomic mass is 10.0. The lowest BCUT2D eigenvalue weighted by Crippen LogP contribution is -2.36. The van der Waals surface area contributed by atoms with Gasteiger partial charge in [-0.3, -0.25) is 4.90 Å². The summed E-state index contributed by atoms with van der Waals surface area (Å²) in [6.45, 7) is -0.880. The van der Waals surface area contributed by atoms with Crippen LogP contribution < -0.4 is 0 Å². The molecule has 1 unspecified atom stereocenters. The fourth-order valence-electron chi connectivity index (χ4n) is 1.89. The third-order valence-electron chi connectivity index (χ3n) is 2.62. The lowest BCUT2D eigenvalue weighted by Gasteiger charge is -2.21. The van der Waals surface area contributed by atoms with Gasteiger partial charge in [0.05, 0.1) is 12.7 Å². The predicted octanol–water partition coefficient (Wildman–Crippen LogP) is 0.260. The van der Waals surface area contributed by atoms with Crippen LogP contribution in [0.5, 0.6) is 0 Å². The Morgan fingerprint density at radius 2 is 2.31 bits per heavy atom. The minimum absolute atomic E-state index is 0.0704. The highest BCUT2D eigenvalue weighted by Gasteiger charge is 2.43. The first kappa shape index (κ1) is 11.3. The number of likely N-dealkylation sites (tertiary alicyclic amines) is 1. The van der Waals surface area contributed by atoms with Gasteiger partial charge < -0.3 is 5.11 Å². The van der Waals surface area contributed by atoms with Crippen molar-refractivity contribution in [3.8, 4) is 0 Å². The molecule has 1 aromatic heterocycles.